The second kappa shape index (κ2) is 8.66. The Morgan fingerprint density at radius 3 is 1.53 bits per heavy atom. The molecule has 0 amide bonds. The highest BCUT2D eigenvalue weighted by Crippen LogP contribution is 2.42. The van der Waals surface area contributed by atoms with Gasteiger partial charge in [-0.2, -0.15) is 0 Å². The number of methoxy groups -OCH3 is 1. The highest BCUT2D eigenvalue weighted by atomic mass is 16.5. The zero-order chi connectivity index (χ0) is 20.8. The molecule has 0 N–H and O–H groups in total. The number of aldehydes is 1. The summed E-state index contributed by atoms with van der Waals surface area (Å²) in [5.74, 6) is 1.08. The zero-order valence-electron chi connectivity index (χ0n) is 16.7. The molecule has 3 heteroatoms. The van der Waals surface area contributed by atoms with Crippen LogP contribution < -0.4 is 9.47 Å². The van der Waals surface area contributed by atoms with E-state index in [1.807, 2.05) is 91.0 Å². The maximum Gasteiger partial charge on any atom is 0.184 e. The highest BCUT2D eigenvalue weighted by Gasteiger charge is 2.39. The third-order valence-electron chi connectivity index (χ3n) is 5.15. The molecule has 4 aromatic carbocycles. The molecule has 0 fully saturated rings. The average Bonchev–Trinajstić information content (AvgIpc) is 2.84. The maximum absolute atomic E-state index is 11.8. The van der Waals surface area contributed by atoms with Gasteiger partial charge in [0.2, 0.25) is 0 Å². The number of hydrogen-bond donors (Lipinski definition) is 0. The van der Waals surface area contributed by atoms with E-state index in [1.165, 1.54) is 0 Å². The summed E-state index contributed by atoms with van der Waals surface area (Å²) in [5.41, 5.74) is 2.39. The van der Waals surface area contributed by atoms with E-state index in [-0.39, 0.29) is 0 Å². The van der Waals surface area contributed by atoms with Crippen molar-refractivity contribution < 1.29 is 14.3 Å². The molecule has 0 saturated heterocycles. The van der Waals surface area contributed by atoms with Crippen LogP contribution in [0.3, 0.4) is 0 Å². The molecule has 0 bridgehead atoms. The Kier molecular flexibility index (Phi) is 5.62. The third kappa shape index (κ3) is 3.58. The summed E-state index contributed by atoms with van der Waals surface area (Å²) < 4.78 is 12.2. The number of carbonyl (C=O) groups is 1. The minimum Gasteiger partial charge on any atom is -0.497 e. The molecule has 0 atom stereocenters. The average molecular weight is 394 g/mol. The Bertz CT molecular complexity index is 1010. The lowest BCUT2D eigenvalue weighted by Gasteiger charge is -2.36. The molecule has 0 spiro atoms. The largest absolute Gasteiger partial charge is 0.497 e. The quantitative estimate of drug-likeness (QED) is 0.290. The Balaban J connectivity index is 2.02. The van der Waals surface area contributed by atoms with E-state index in [1.54, 1.807) is 25.3 Å². The van der Waals surface area contributed by atoms with Crippen molar-refractivity contribution in [2.24, 2.45) is 0 Å². The molecule has 0 aliphatic heterocycles. The normalized spacial score (nSPS) is 11.0. The summed E-state index contributed by atoms with van der Waals surface area (Å²) in [7, 11) is 1.60. The van der Waals surface area contributed by atoms with E-state index in [9.17, 15) is 4.79 Å². The molecule has 0 saturated carbocycles. The van der Waals surface area contributed by atoms with E-state index in [2.05, 4.69) is 0 Å². The minimum absolute atomic E-state index is 0.459. The monoisotopic (exact) mass is 394 g/mol. The number of ether oxygens (including phenoxy) is 2. The fourth-order valence-electron chi connectivity index (χ4n) is 3.69. The van der Waals surface area contributed by atoms with Gasteiger partial charge in [0.15, 0.2) is 11.9 Å². The van der Waals surface area contributed by atoms with E-state index in [0.717, 1.165) is 23.0 Å². The fourth-order valence-corrected chi connectivity index (χ4v) is 3.69. The van der Waals surface area contributed by atoms with E-state index >= 15 is 0 Å². The molecule has 3 nitrogen and oxygen atoms in total. The Morgan fingerprint density at radius 1 is 0.667 bits per heavy atom. The van der Waals surface area contributed by atoms with Gasteiger partial charge in [0, 0.05) is 22.8 Å². The Hall–Kier alpha value is -3.85. The van der Waals surface area contributed by atoms with E-state index < -0.39 is 5.60 Å². The van der Waals surface area contributed by atoms with Gasteiger partial charge in [-0.15, -0.1) is 0 Å². The van der Waals surface area contributed by atoms with Gasteiger partial charge < -0.3 is 9.47 Å². The van der Waals surface area contributed by atoms with Crippen molar-refractivity contribution in [3.05, 3.63) is 131 Å². The summed E-state index contributed by atoms with van der Waals surface area (Å²) in [4.78, 5) is 11.8. The molecule has 4 aromatic rings. The molecule has 0 unspecified atom stereocenters. The molecule has 0 aliphatic carbocycles. The molecule has 0 heterocycles. The van der Waals surface area contributed by atoms with Crippen molar-refractivity contribution in [3.63, 3.8) is 0 Å². The third-order valence-corrected chi connectivity index (χ3v) is 5.15. The molecular formula is C27H22O3. The van der Waals surface area contributed by atoms with Crippen LogP contribution in [-0.4, -0.2) is 13.4 Å². The summed E-state index contributed by atoms with van der Waals surface area (Å²) in [5, 5.41) is 0. The van der Waals surface area contributed by atoms with Gasteiger partial charge in [-0.3, -0.25) is 4.79 Å². The van der Waals surface area contributed by atoms with Crippen LogP contribution in [0.15, 0.2) is 109 Å². The van der Waals surface area contributed by atoms with E-state index in [4.69, 9.17) is 9.47 Å². The lowest BCUT2D eigenvalue weighted by molar-refractivity contribution is 0.110. The number of hydrogen-bond acceptors (Lipinski definition) is 3. The van der Waals surface area contributed by atoms with Gasteiger partial charge in [-0.25, -0.2) is 0 Å². The van der Waals surface area contributed by atoms with Gasteiger partial charge in [0.1, 0.15) is 11.5 Å². The first-order valence-electron chi connectivity index (χ1n) is 9.77. The van der Waals surface area contributed by atoms with Crippen LogP contribution in [-0.2, 0) is 5.60 Å². The minimum atomic E-state index is -0.950. The van der Waals surface area contributed by atoms with E-state index in [0.29, 0.717) is 17.1 Å². The second-order valence-electron chi connectivity index (χ2n) is 6.90. The molecule has 0 aliphatic rings. The Labute approximate surface area is 176 Å². The zero-order valence-corrected chi connectivity index (χ0v) is 16.7. The van der Waals surface area contributed by atoms with Gasteiger partial charge in [-0.1, -0.05) is 91.0 Å². The molecule has 4 rings (SSSR count). The topological polar surface area (TPSA) is 35.5 Å². The summed E-state index contributed by atoms with van der Waals surface area (Å²) in [6, 6.07) is 35.4. The summed E-state index contributed by atoms with van der Waals surface area (Å²) in [6.45, 7) is 0. The van der Waals surface area contributed by atoms with Crippen molar-refractivity contribution in [2.75, 3.05) is 7.11 Å². The van der Waals surface area contributed by atoms with Crippen molar-refractivity contribution in [1.29, 1.82) is 0 Å². The van der Waals surface area contributed by atoms with Crippen LogP contribution in [0.25, 0.3) is 0 Å². The van der Waals surface area contributed by atoms with Crippen molar-refractivity contribution in [3.8, 4) is 11.5 Å². The number of carbonyl (C=O) groups excluding carboxylic acids is 1. The van der Waals surface area contributed by atoms with Crippen LogP contribution in [0.5, 0.6) is 11.5 Å². The molecule has 0 aromatic heterocycles. The van der Waals surface area contributed by atoms with Gasteiger partial charge in [0.05, 0.1) is 12.7 Å². The molecule has 0 radical (unpaired) electrons. The maximum atomic E-state index is 11.8. The van der Waals surface area contributed by atoms with Crippen molar-refractivity contribution in [1.82, 2.24) is 0 Å². The first-order chi connectivity index (χ1) is 14.8. The van der Waals surface area contributed by atoms with Gasteiger partial charge in [-0.05, 0) is 12.1 Å². The summed E-state index contributed by atoms with van der Waals surface area (Å²) in [6.07, 6.45) is 0.806. The molecular weight excluding hydrogens is 372 g/mol. The smallest absolute Gasteiger partial charge is 0.184 e. The Morgan fingerprint density at radius 2 is 1.13 bits per heavy atom. The van der Waals surface area contributed by atoms with Gasteiger partial charge in [0.25, 0.3) is 0 Å². The highest BCUT2D eigenvalue weighted by molar-refractivity contribution is 5.80. The molecule has 148 valence electrons. The van der Waals surface area contributed by atoms with Crippen LogP contribution in [0.4, 0.5) is 0 Å². The van der Waals surface area contributed by atoms with Crippen LogP contribution in [0.2, 0.25) is 0 Å². The number of benzene rings is 4. The second-order valence-corrected chi connectivity index (χ2v) is 6.90. The van der Waals surface area contributed by atoms with Crippen molar-refractivity contribution in [2.45, 2.75) is 5.60 Å². The molecule has 30 heavy (non-hydrogen) atoms. The first kappa shape index (κ1) is 19.5. The standard InChI is InChI=1S/C27H22O3/c1-29-25-18-17-21(20-28)26(19-25)30-27(22-11-5-2-6-12-22,23-13-7-3-8-14-23)24-15-9-4-10-16-24/h2-20H,1H3. The van der Waals surface area contributed by atoms with Crippen LogP contribution >= 0.6 is 0 Å². The SMILES string of the molecule is COc1ccc(C=O)c(OC(c2ccccc2)(c2ccccc2)c2ccccc2)c1. The lowest BCUT2D eigenvalue weighted by Crippen LogP contribution is -2.36. The fraction of sp³-hybridized carbons (Fsp3) is 0.0741. The van der Waals surface area contributed by atoms with Crippen LogP contribution in [0.1, 0.15) is 27.0 Å². The van der Waals surface area contributed by atoms with Gasteiger partial charge >= 0.3 is 0 Å². The predicted octanol–water partition coefficient (Wildman–Crippen LogP) is 5.88. The predicted molar refractivity (Wildman–Crippen MR) is 118 cm³/mol. The first-order valence-corrected chi connectivity index (χ1v) is 9.77. The van der Waals surface area contributed by atoms with Crippen LogP contribution in [0, 0.1) is 0 Å². The number of rotatable bonds is 7. The van der Waals surface area contributed by atoms with Crippen molar-refractivity contribution >= 4 is 6.29 Å². The lowest BCUT2D eigenvalue weighted by atomic mass is 9.80. The summed E-state index contributed by atoms with van der Waals surface area (Å²) >= 11 is 0.